The van der Waals surface area contributed by atoms with Crippen LogP contribution in [0.2, 0.25) is 0 Å². The molecule has 0 saturated carbocycles. The molecule has 0 aliphatic carbocycles. The molecule has 7 nitrogen and oxygen atoms in total. The van der Waals surface area contributed by atoms with E-state index < -0.39 is 0 Å². The van der Waals surface area contributed by atoms with Crippen molar-refractivity contribution in [2.45, 2.75) is 39.2 Å². The van der Waals surface area contributed by atoms with Crippen molar-refractivity contribution in [2.75, 3.05) is 10.6 Å². The molecular weight excluding hydrogens is 400 g/mol. The van der Waals surface area contributed by atoms with E-state index in [-0.39, 0.29) is 11.9 Å². The highest BCUT2D eigenvalue weighted by Gasteiger charge is 2.23. The van der Waals surface area contributed by atoms with E-state index in [9.17, 15) is 4.79 Å². The van der Waals surface area contributed by atoms with Gasteiger partial charge >= 0.3 is 0 Å². The molecule has 0 radical (unpaired) electrons. The van der Waals surface area contributed by atoms with Crippen LogP contribution in [-0.4, -0.2) is 31.5 Å². The fourth-order valence-electron chi connectivity index (χ4n) is 4.45. The maximum atomic E-state index is 12.4. The van der Waals surface area contributed by atoms with Crippen LogP contribution in [0.1, 0.15) is 38.7 Å². The van der Waals surface area contributed by atoms with Gasteiger partial charge in [-0.05, 0) is 48.2 Å². The number of aromatic nitrogens is 4. The van der Waals surface area contributed by atoms with E-state index >= 15 is 0 Å². The number of carbonyl (C=O) groups excluding carboxylic acids is 1. The van der Waals surface area contributed by atoms with E-state index in [1.54, 1.807) is 4.68 Å². The zero-order chi connectivity index (χ0) is 22.6. The molecule has 2 aromatic heterocycles. The monoisotopic (exact) mass is 428 g/mol. The zero-order valence-corrected chi connectivity index (χ0v) is 19.1. The van der Waals surface area contributed by atoms with Gasteiger partial charge in [-0.2, -0.15) is 10.2 Å². The summed E-state index contributed by atoms with van der Waals surface area (Å²) in [6.45, 7) is 6.38. The van der Waals surface area contributed by atoms with E-state index in [2.05, 4.69) is 59.9 Å². The molecule has 1 aliphatic heterocycles. The first-order valence-corrected chi connectivity index (χ1v) is 11.0. The van der Waals surface area contributed by atoms with Crippen molar-refractivity contribution in [3.63, 3.8) is 0 Å². The molecule has 3 heterocycles. The van der Waals surface area contributed by atoms with Gasteiger partial charge in [-0.3, -0.25) is 14.2 Å². The molecule has 1 amide bonds. The first-order valence-electron chi connectivity index (χ1n) is 11.0. The Hall–Kier alpha value is -3.61. The molecule has 164 valence electrons. The predicted molar refractivity (Wildman–Crippen MR) is 129 cm³/mol. The van der Waals surface area contributed by atoms with Crippen LogP contribution in [0.15, 0.2) is 42.7 Å². The molecule has 32 heavy (non-hydrogen) atoms. The number of fused-ring (bicyclic) bond motifs is 2. The average Bonchev–Trinajstić information content (AvgIpc) is 3.26. The number of rotatable bonds is 3. The number of nitrogens with zero attached hydrogens (tertiary/aromatic N) is 4. The Morgan fingerprint density at radius 3 is 2.66 bits per heavy atom. The van der Waals surface area contributed by atoms with Gasteiger partial charge in [0.15, 0.2) is 0 Å². The SMILES string of the molecule is CC1CC(=O)Nc2cc(C(C)C)cc(-c3ccc4c(c3)c(-c3cnn(C)c3)nn4C)c2N1. The second kappa shape index (κ2) is 7.51. The average molecular weight is 429 g/mol. The Labute approximate surface area is 187 Å². The van der Waals surface area contributed by atoms with Crippen molar-refractivity contribution in [2.24, 2.45) is 14.1 Å². The van der Waals surface area contributed by atoms with Crippen LogP contribution in [0.4, 0.5) is 11.4 Å². The highest BCUT2D eigenvalue weighted by Crippen LogP contribution is 2.41. The smallest absolute Gasteiger partial charge is 0.226 e. The molecule has 5 rings (SSSR count). The Morgan fingerprint density at radius 1 is 1.12 bits per heavy atom. The van der Waals surface area contributed by atoms with Crippen molar-refractivity contribution in [1.29, 1.82) is 0 Å². The normalized spacial score (nSPS) is 16.1. The molecule has 0 bridgehead atoms. The van der Waals surface area contributed by atoms with Gasteiger partial charge in [-0.25, -0.2) is 0 Å². The lowest BCUT2D eigenvalue weighted by molar-refractivity contribution is -0.116. The van der Waals surface area contributed by atoms with Gasteiger partial charge in [-0.1, -0.05) is 19.9 Å². The topological polar surface area (TPSA) is 76.8 Å². The van der Waals surface area contributed by atoms with Crippen molar-refractivity contribution < 1.29 is 4.79 Å². The zero-order valence-electron chi connectivity index (χ0n) is 19.1. The second-order valence-electron chi connectivity index (χ2n) is 9.05. The Kier molecular flexibility index (Phi) is 4.77. The number of amides is 1. The molecule has 0 fully saturated rings. The number of benzene rings is 2. The van der Waals surface area contributed by atoms with Crippen LogP contribution in [0, 0.1) is 0 Å². The van der Waals surface area contributed by atoms with Gasteiger partial charge in [0.2, 0.25) is 5.91 Å². The standard InChI is InChI=1S/C25H28N6O/c1-14(2)17-10-19(25-21(11-17)28-23(32)8-15(3)27-25)16-6-7-22-20(9-16)24(29-31(22)5)18-12-26-30(4)13-18/h6-7,9-15,27H,8H2,1-5H3,(H,28,32). The van der Waals surface area contributed by atoms with Crippen molar-refractivity contribution in [3.05, 3.63) is 48.3 Å². The fraction of sp³-hybridized carbons (Fsp3) is 0.320. The summed E-state index contributed by atoms with van der Waals surface area (Å²) in [6, 6.07) is 10.8. The molecule has 1 aliphatic rings. The summed E-state index contributed by atoms with van der Waals surface area (Å²) in [5.41, 5.74) is 8.15. The van der Waals surface area contributed by atoms with Gasteiger partial charge in [-0.15, -0.1) is 0 Å². The van der Waals surface area contributed by atoms with Gasteiger partial charge in [0.1, 0.15) is 5.69 Å². The van der Waals surface area contributed by atoms with Crippen LogP contribution in [-0.2, 0) is 18.9 Å². The van der Waals surface area contributed by atoms with Crippen LogP contribution in [0.5, 0.6) is 0 Å². The lowest BCUT2D eigenvalue weighted by Gasteiger charge is -2.20. The lowest BCUT2D eigenvalue weighted by Crippen LogP contribution is -2.19. The maximum absolute atomic E-state index is 12.4. The number of anilines is 2. The van der Waals surface area contributed by atoms with E-state index in [1.165, 1.54) is 5.56 Å². The summed E-state index contributed by atoms with van der Waals surface area (Å²) < 4.78 is 3.70. The van der Waals surface area contributed by atoms with Gasteiger partial charge in [0, 0.05) is 49.3 Å². The molecule has 2 aromatic carbocycles. The quantitative estimate of drug-likeness (QED) is 0.486. The minimum absolute atomic E-state index is 0.0391. The number of hydrogen-bond acceptors (Lipinski definition) is 4. The van der Waals surface area contributed by atoms with E-state index in [1.807, 2.05) is 38.1 Å². The lowest BCUT2D eigenvalue weighted by atomic mass is 9.93. The van der Waals surface area contributed by atoms with Crippen molar-refractivity contribution in [1.82, 2.24) is 19.6 Å². The fourth-order valence-corrected chi connectivity index (χ4v) is 4.45. The van der Waals surface area contributed by atoms with Crippen molar-refractivity contribution >= 4 is 28.2 Å². The number of aryl methyl sites for hydroxylation is 2. The van der Waals surface area contributed by atoms with Crippen LogP contribution in [0.25, 0.3) is 33.3 Å². The molecule has 0 spiro atoms. The molecule has 1 unspecified atom stereocenters. The van der Waals surface area contributed by atoms with Gasteiger partial charge in [0.05, 0.1) is 23.1 Å². The summed E-state index contributed by atoms with van der Waals surface area (Å²) in [4.78, 5) is 12.4. The number of carbonyl (C=O) groups is 1. The van der Waals surface area contributed by atoms with E-state index in [0.29, 0.717) is 12.3 Å². The predicted octanol–water partition coefficient (Wildman–Crippen LogP) is 4.91. The van der Waals surface area contributed by atoms with Gasteiger partial charge < -0.3 is 10.6 Å². The first-order chi connectivity index (χ1) is 15.3. The van der Waals surface area contributed by atoms with Crippen LogP contribution in [0.3, 0.4) is 0 Å². The van der Waals surface area contributed by atoms with E-state index in [0.717, 1.165) is 44.7 Å². The summed E-state index contributed by atoms with van der Waals surface area (Å²) in [6.07, 6.45) is 4.27. The van der Waals surface area contributed by atoms with Crippen molar-refractivity contribution in [3.8, 4) is 22.4 Å². The first kappa shape index (κ1) is 20.3. The number of hydrogen-bond donors (Lipinski definition) is 2. The van der Waals surface area contributed by atoms with Crippen LogP contribution >= 0.6 is 0 Å². The summed E-state index contributed by atoms with van der Waals surface area (Å²) >= 11 is 0. The molecule has 1 atom stereocenters. The summed E-state index contributed by atoms with van der Waals surface area (Å²) in [5.74, 6) is 0.377. The molecular formula is C25H28N6O. The number of nitrogens with one attached hydrogen (secondary N) is 2. The Balaban J connectivity index is 1.74. The third-order valence-corrected chi connectivity index (χ3v) is 6.12. The Bertz CT molecular complexity index is 1350. The van der Waals surface area contributed by atoms with Crippen LogP contribution < -0.4 is 10.6 Å². The summed E-state index contributed by atoms with van der Waals surface area (Å²) in [7, 11) is 3.87. The third kappa shape index (κ3) is 3.43. The largest absolute Gasteiger partial charge is 0.380 e. The highest BCUT2D eigenvalue weighted by molar-refractivity contribution is 6.02. The minimum atomic E-state index is 0.0391. The minimum Gasteiger partial charge on any atom is -0.380 e. The molecule has 2 N–H and O–H groups in total. The van der Waals surface area contributed by atoms with E-state index in [4.69, 9.17) is 5.10 Å². The second-order valence-corrected chi connectivity index (χ2v) is 9.05. The molecule has 7 heteroatoms. The molecule has 4 aromatic rings. The Morgan fingerprint density at radius 2 is 1.94 bits per heavy atom. The van der Waals surface area contributed by atoms with Gasteiger partial charge in [0.25, 0.3) is 0 Å². The maximum Gasteiger partial charge on any atom is 0.226 e. The molecule has 0 saturated heterocycles. The highest BCUT2D eigenvalue weighted by atomic mass is 16.1. The third-order valence-electron chi connectivity index (χ3n) is 6.12. The summed E-state index contributed by atoms with van der Waals surface area (Å²) in [5, 5.41) is 16.8.